The van der Waals surface area contributed by atoms with E-state index in [2.05, 4.69) is 5.32 Å². The Labute approximate surface area is 159 Å². The zero-order valence-electron chi connectivity index (χ0n) is 14.8. The van der Waals surface area contributed by atoms with Crippen LogP contribution >= 0.6 is 0 Å². The van der Waals surface area contributed by atoms with Crippen LogP contribution in [0.5, 0.6) is 0 Å². The normalized spacial score (nSPS) is 17.1. The lowest BCUT2D eigenvalue weighted by Gasteiger charge is -2.18. The maximum absolute atomic E-state index is 12.9. The molecular weight excluding hydrogens is 376 g/mol. The SMILES string of the molecule is O=C(NCCc1ccc(F)cc1)C1CC(=O)N(c2cccc(C(F)(F)F)c2)C1. The summed E-state index contributed by atoms with van der Waals surface area (Å²) in [6.45, 7) is 0.348. The highest BCUT2D eigenvalue weighted by atomic mass is 19.4. The number of rotatable bonds is 5. The third kappa shape index (κ3) is 4.68. The molecule has 1 aliphatic rings. The Morgan fingerprint density at radius 3 is 2.54 bits per heavy atom. The molecule has 2 aromatic carbocycles. The Kier molecular flexibility index (Phi) is 5.67. The second-order valence-electron chi connectivity index (χ2n) is 6.62. The fourth-order valence-corrected chi connectivity index (χ4v) is 3.11. The van der Waals surface area contributed by atoms with Crippen LogP contribution in [0, 0.1) is 11.7 Å². The molecule has 2 amide bonds. The van der Waals surface area contributed by atoms with Crippen LogP contribution in [0.2, 0.25) is 0 Å². The van der Waals surface area contributed by atoms with Gasteiger partial charge in [0.25, 0.3) is 0 Å². The molecule has 148 valence electrons. The Bertz CT molecular complexity index is 865. The Morgan fingerprint density at radius 2 is 1.86 bits per heavy atom. The summed E-state index contributed by atoms with van der Waals surface area (Å²) < 4.78 is 51.5. The summed E-state index contributed by atoms with van der Waals surface area (Å²) in [6, 6.07) is 10.4. The van der Waals surface area contributed by atoms with E-state index in [1.807, 2.05) is 0 Å². The standard InChI is InChI=1S/C20H18F4N2O2/c21-16-6-4-13(5-7-16)8-9-25-19(28)14-10-18(27)26(12-14)17-3-1-2-15(11-17)20(22,23)24/h1-7,11,14H,8-10,12H2,(H,25,28). The molecule has 2 aromatic rings. The zero-order valence-corrected chi connectivity index (χ0v) is 14.8. The Balaban J connectivity index is 1.58. The lowest BCUT2D eigenvalue weighted by Crippen LogP contribution is -2.34. The summed E-state index contributed by atoms with van der Waals surface area (Å²) in [5, 5.41) is 2.72. The molecule has 0 spiro atoms. The summed E-state index contributed by atoms with van der Waals surface area (Å²) >= 11 is 0. The van der Waals surface area contributed by atoms with Gasteiger partial charge < -0.3 is 10.2 Å². The minimum Gasteiger partial charge on any atom is -0.355 e. The van der Waals surface area contributed by atoms with Gasteiger partial charge in [-0.3, -0.25) is 9.59 Å². The van der Waals surface area contributed by atoms with Gasteiger partial charge in [0.15, 0.2) is 0 Å². The van der Waals surface area contributed by atoms with E-state index in [4.69, 9.17) is 0 Å². The average molecular weight is 394 g/mol. The van der Waals surface area contributed by atoms with Gasteiger partial charge in [-0.15, -0.1) is 0 Å². The largest absolute Gasteiger partial charge is 0.416 e. The van der Waals surface area contributed by atoms with Gasteiger partial charge in [-0.2, -0.15) is 13.2 Å². The van der Waals surface area contributed by atoms with Crippen molar-refractivity contribution in [1.82, 2.24) is 5.32 Å². The molecule has 1 saturated heterocycles. The second kappa shape index (κ2) is 8.00. The number of carbonyl (C=O) groups is 2. The zero-order chi connectivity index (χ0) is 20.3. The van der Waals surface area contributed by atoms with Crippen molar-refractivity contribution in [2.45, 2.75) is 19.0 Å². The van der Waals surface area contributed by atoms with E-state index in [-0.39, 0.29) is 30.4 Å². The number of benzene rings is 2. The fourth-order valence-electron chi connectivity index (χ4n) is 3.11. The molecule has 1 fully saturated rings. The molecule has 1 heterocycles. The van der Waals surface area contributed by atoms with Crippen molar-refractivity contribution in [2.75, 3.05) is 18.0 Å². The summed E-state index contributed by atoms with van der Waals surface area (Å²) in [4.78, 5) is 25.7. The van der Waals surface area contributed by atoms with E-state index in [0.29, 0.717) is 13.0 Å². The van der Waals surface area contributed by atoms with Gasteiger partial charge in [-0.1, -0.05) is 18.2 Å². The van der Waals surface area contributed by atoms with Crippen LogP contribution in [0.15, 0.2) is 48.5 Å². The summed E-state index contributed by atoms with van der Waals surface area (Å²) in [5.41, 5.74) is 0.140. The van der Waals surface area contributed by atoms with Crippen LogP contribution < -0.4 is 10.2 Å². The first-order chi connectivity index (χ1) is 13.2. The topological polar surface area (TPSA) is 49.4 Å². The molecule has 1 atom stereocenters. The molecule has 1 aliphatic heterocycles. The quantitative estimate of drug-likeness (QED) is 0.789. The lowest BCUT2D eigenvalue weighted by molar-refractivity contribution is -0.137. The Hall–Kier alpha value is -2.90. The predicted octanol–water partition coefficient (Wildman–Crippen LogP) is 3.56. The number of anilines is 1. The number of amides is 2. The van der Waals surface area contributed by atoms with Gasteiger partial charge in [-0.05, 0) is 42.3 Å². The monoisotopic (exact) mass is 394 g/mol. The number of halogens is 4. The predicted molar refractivity (Wildman–Crippen MR) is 95.0 cm³/mol. The number of nitrogens with zero attached hydrogens (tertiary/aromatic N) is 1. The van der Waals surface area contributed by atoms with Gasteiger partial charge in [0, 0.05) is 25.2 Å². The summed E-state index contributed by atoms with van der Waals surface area (Å²) in [7, 11) is 0. The third-order valence-electron chi connectivity index (χ3n) is 4.61. The van der Waals surface area contributed by atoms with Crippen molar-refractivity contribution in [3.63, 3.8) is 0 Å². The van der Waals surface area contributed by atoms with E-state index in [1.165, 1.54) is 29.2 Å². The molecule has 1 unspecified atom stereocenters. The maximum Gasteiger partial charge on any atom is 0.416 e. The summed E-state index contributed by atoms with van der Waals surface area (Å²) in [6.07, 6.45) is -4.06. The van der Waals surface area contributed by atoms with E-state index in [0.717, 1.165) is 17.7 Å². The van der Waals surface area contributed by atoms with Gasteiger partial charge >= 0.3 is 6.18 Å². The molecule has 8 heteroatoms. The third-order valence-corrected chi connectivity index (χ3v) is 4.61. The molecule has 0 aromatic heterocycles. The van der Waals surface area contributed by atoms with Crippen molar-refractivity contribution in [1.29, 1.82) is 0 Å². The fraction of sp³-hybridized carbons (Fsp3) is 0.300. The minimum absolute atomic E-state index is 0.0303. The molecule has 0 radical (unpaired) electrons. The van der Waals surface area contributed by atoms with Crippen LogP contribution in [-0.2, 0) is 22.2 Å². The molecule has 28 heavy (non-hydrogen) atoms. The number of hydrogen-bond donors (Lipinski definition) is 1. The first-order valence-electron chi connectivity index (χ1n) is 8.74. The van der Waals surface area contributed by atoms with Crippen molar-refractivity contribution in [3.8, 4) is 0 Å². The highest BCUT2D eigenvalue weighted by Gasteiger charge is 2.36. The van der Waals surface area contributed by atoms with E-state index < -0.39 is 23.6 Å². The van der Waals surface area contributed by atoms with Crippen LogP contribution in [0.4, 0.5) is 23.2 Å². The number of hydrogen-bond acceptors (Lipinski definition) is 2. The molecule has 1 N–H and O–H groups in total. The minimum atomic E-state index is -4.50. The van der Waals surface area contributed by atoms with Crippen LogP contribution in [0.1, 0.15) is 17.5 Å². The second-order valence-corrected chi connectivity index (χ2v) is 6.62. The average Bonchev–Trinajstić information content (AvgIpc) is 3.04. The maximum atomic E-state index is 12.9. The molecule has 0 saturated carbocycles. The highest BCUT2D eigenvalue weighted by Crippen LogP contribution is 2.33. The van der Waals surface area contributed by atoms with Gasteiger partial charge in [0.05, 0.1) is 11.5 Å². The van der Waals surface area contributed by atoms with E-state index in [9.17, 15) is 27.2 Å². The Morgan fingerprint density at radius 1 is 1.14 bits per heavy atom. The first kappa shape index (κ1) is 19.9. The van der Waals surface area contributed by atoms with Crippen LogP contribution in [0.25, 0.3) is 0 Å². The highest BCUT2D eigenvalue weighted by molar-refractivity contribution is 6.00. The van der Waals surface area contributed by atoms with Gasteiger partial charge in [-0.25, -0.2) is 4.39 Å². The molecular formula is C20H18F4N2O2. The van der Waals surface area contributed by atoms with Gasteiger partial charge in [0.2, 0.25) is 11.8 Å². The van der Waals surface area contributed by atoms with E-state index in [1.54, 1.807) is 12.1 Å². The van der Waals surface area contributed by atoms with Gasteiger partial charge in [0.1, 0.15) is 5.82 Å². The lowest BCUT2D eigenvalue weighted by atomic mass is 10.1. The molecule has 0 bridgehead atoms. The number of carbonyl (C=O) groups excluding carboxylic acids is 2. The van der Waals surface area contributed by atoms with Crippen LogP contribution in [-0.4, -0.2) is 24.9 Å². The van der Waals surface area contributed by atoms with Crippen molar-refractivity contribution < 1.29 is 27.2 Å². The number of alkyl halides is 3. The first-order valence-corrected chi connectivity index (χ1v) is 8.74. The summed E-state index contributed by atoms with van der Waals surface area (Å²) in [5.74, 6) is -1.69. The number of nitrogens with one attached hydrogen (secondary N) is 1. The van der Waals surface area contributed by atoms with Crippen molar-refractivity contribution >= 4 is 17.5 Å². The molecule has 4 nitrogen and oxygen atoms in total. The van der Waals surface area contributed by atoms with Crippen molar-refractivity contribution in [3.05, 3.63) is 65.5 Å². The molecule has 3 rings (SSSR count). The molecule has 0 aliphatic carbocycles. The van der Waals surface area contributed by atoms with Crippen LogP contribution in [0.3, 0.4) is 0 Å². The van der Waals surface area contributed by atoms with Crippen molar-refractivity contribution in [2.24, 2.45) is 5.92 Å². The van der Waals surface area contributed by atoms with E-state index >= 15 is 0 Å². The smallest absolute Gasteiger partial charge is 0.355 e.